The molecule has 2 aromatic carbocycles. The van der Waals surface area contributed by atoms with Crippen molar-refractivity contribution >= 4 is 30.4 Å². The molecule has 0 unspecified atom stereocenters. The van der Waals surface area contributed by atoms with Gasteiger partial charge in [-0.15, -0.1) is 13.2 Å². The van der Waals surface area contributed by atoms with Crippen LogP contribution in [0.5, 0.6) is 0 Å². The number of epoxide rings is 1. The highest BCUT2D eigenvalue weighted by atomic mass is 28.4. The number of Topliss-reactive ketones (excluding diaryl/α,β-unsaturated/α-hetero) is 1. The van der Waals surface area contributed by atoms with E-state index >= 15 is 0 Å². The average Bonchev–Trinajstić information content (AvgIpc) is 4.02. The second kappa shape index (κ2) is 27.8. The number of ether oxygens (including phenoxy) is 6. The van der Waals surface area contributed by atoms with Gasteiger partial charge in [-0.25, -0.2) is 4.79 Å². The zero-order chi connectivity index (χ0) is 48.2. The fourth-order valence-corrected chi connectivity index (χ4v) is 13.3. The average molecular weight is 917 g/mol. The summed E-state index contributed by atoms with van der Waals surface area (Å²) in [6, 6.07) is 20.6. The standard InChI is InChI=1S/C54H80O10Si/c1-14-16-19-24-40(5)53(57)63-45(35-62-65(54(9,10)11,46-25-20-17-21-26-46)47-27-22-18-23-28-47)33-43(8)51(60-36-58-12)52(61-37-59-13)48(56)34-44(55)32-42(7)41(6)30-38(3)29-39(4)31-50-49(15-2)64-50/h14-15,17-18,20-28,30,39,42-45,49-52,55H,1-3,16,19,29,31-37H2,4-13H3/b40-24+,41-30+/t39-,42+,43-,44+,45-,49+,50+,51+,52+/m1/s1. The van der Waals surface area contributed by atoms with Crippen LogP contribution in [0.4, 0.5) is 0 Å². The van der Waals surface area contributed by atoms with E-state index in [1.807, 2.05) is 75.4 Å². The number of aliphatic hydroxyl groups excluding tert-OH is 1. The smallest absolute Gasteiger partial charge is 0.333 e. The zero-order valence-corrected chi connectivity index (χ0v) is 42.1. The van der Waals surface area contributed by atoms with Crippen LogP contribution in [0.2, 0.25) is 5.04 Å². The second-order valence-corrected chi connectivity index (χ2v) is 23.2. The van der Waals surface area contributed by atoms with Crippen LogP contribution >= 0.6 is 0 Å². The minimum atomic E-state index is -3.04. The van der Waals surface area contributed by atoms with Crippen LogP contribution in [-0.4, -0.2) is 96.2 Å². The third-order valence-electron chi connectivity index (χ3n) is 12.2. The lowest BCUT2D eigenvalue weighted by atomic mass is 9.88. The van der Waals surface area contributed by atoms with Gasteiger partial charge in [0.2, 0.25) is 0 Å². The summed E-state index contributed by atoms with van der Waals surface area (Å²) in [5, 5.41) is 13.3. The largest absolute Gasteiger partial charge is 0.457 e. The van der Waals surface area contributed by atoms with Crippen LogP contribution < -0.4 is 10.4 Å². The molecule has 1 fully saturated rings. The lowest BCUT2D eigenvalue weighted by Crippen LogP contribution is -2.67. The van der Waals surface area contributed by atoms with Gasteiger partial charge in [0.15, 0.2) is 5.78 Å². The highest BCUT2D eigenvalue weighted by Crippen LogP contribution is 2.38. The molecule has 1 aliphatic rings. The number of allylic oxidation sites excluding steroid dienone is 5. The molecule has 0 aliphatic carbocycles. The Balaban J connectivity index is 1.90. The second-order valence-electron chi connectivity index (χ2n) is 18.9. The molecule has 0 radical (unpaired) electrons. The first kappa shape index (κ1) is 55.5. The normalized spacial score (nSPS) is 19.0. The summed E-state index contributed by atoms with van der Waals surface area (Å²) in [5.74, 6) is -0.840. The van der Waals surface area contributed by atoms with E-state index in [9.17, 15) is 14.7 Å². The van der Waals surface area contributed by atoms with Gasteiger partial charge in [-0.05, 0) is 85.5 Å². The first-order chi connectivity index (χ1) is 30.9. The van der Waals surface area contributed by atoms with Crippen molar-refractivity contribution in [1.29, 1.82) is 0 Å². The van der Waals surface area contributed by atoms with Crippen molar-refractivity contribution in [2.24, 2.45) is 17.8 Å². The van der Waals surface area contributed by atoms with E-state index in [1.54, 1.807) is 6.92 Å². The maximum atomic E-state index is 14.3. The highest BCUT2D eigenvalue weighted by molar-refractivity contribution is 6.99. The van der Waals surface area contributed by atoms with E-state index in [0.29, 0.717) is 24.3 Å². The van der Waals surface area contributed by atoms with Crippen LogP contribution in [0.25, 0.3) is 0 Å². The minimum Gasteiger partial charge on any atom is -0.457 e. The van der Waals surface area contributed by atoms with Gasteiger partial charge >= 0.3 is 5.97 Å². The summed E-state index contributed by atoms with van der Waals surface area (Å²) < 4.78 is 42.3. The Kier molecular flexibility index (Phi) is 23.7. The van der Waals surface area contributed by atoms with E-state index in [2.05, 4.69) is 77.8 Å². The highest BCUT2D eigenvalue weighted by Gasteiger charge is 2.51. The van der Waals surface area contributed by atoms with Crippen LogP contribution in [0.15, 0.2) is 121 Å². The molecule has 1 N–H and O–H groups in total. The molecular weight excluding hydrogens is 837 g/mol. The predicted octanol–water partition coefficient (Wildman–Crippen LogP) is 9.61. The van der Waals surface area contributed by atoms with E-state index in [1.165, 1.54) is 14.2 Å². The summed E-state index contributed by atoms with van der Waals surface area (Å²) in [5.41, 5.74) is 2.58. The molecule has 1 heterocycles. The van der Waals surface area contributed by atoms with Crippen LogP contribution in [0, 0.1) is 17.8 Å². The quantitative estimate of drug-likeness (QED) is 0.0111. The molecule has 360 valence electrons. The molecule has 0 aromatic heterocycles. The number of esters is 1. The molecular formula is C54H80O10Si. The Bertz CT molecular complexity index is 1800. The van der Waals surface area contributed by atoms with Gasteiger partial charge in [-0.2, -0.15) is 0 Å². The Morgan fingerprint density at radius 3 is 2.02 bits per heavy atom. The molecule has 0 saturated carbocycles. The Morgan fingerprint density at radius 1 is 0.877 bits per heavy atom. The first-order valence-corrected chi connectivity index (χ1v) is 25.1. The summed E-state index contributed by atoms with van der Waals surface area (Å²) in [6.07, 6.45) is 7.93. The van der Waals surface area contributed by atoms with Crippen molar-refractivity contribution in [1.82, 2.24) is 0 Å². The number of methoxy groups -OCH3 is 2. The van der Waals surface area contributed by atoms with Gasteiger partial charge in [-0.3, -0.25) is 4.79 Å². The molecule has 10 nitrogen and oxygen atoms in total. The number of hydrogen-bond donors (Lipinski definition) is 1. The monoisotopic (exact) mass is 917 g/mol. The van der Waals surface area contributed by atoms with Gasteiger partial charge in [0.05, 0.1) is 24.9 Å². The molecule has 11 heteroatoms. The fourth-order valence-electron chi connectivity index (χ4n) is 8.66. The van der Waals surface area contributed by atoms with Crippen LogP contribution in [0.1, 0.15) is 100 Å². The molecule has 2 aromatic rings. The molecule has 1 saturated heterocycles. The molecule has 1 aliphatic heterocycles. The minimum absolute atomic E-state index is 0.0140. The van der Waals surface area contributed by atoms with Crippen molar-refractivity contribution in [2.45, 2.75) is 142 Å². The number of carbonyl (C=O) groups excluding carboxylic acids is 2. The fraction of sp³-hybridized carbons (Fsp3) is 0.556. The van der Waals surface area contributed by atoms with E-state index in [4.69, 9.17) is 32.8 Å². The van der Waals surface area contributed by atoms with Crippen molar-refractivity contribution < 1.29 is 47.5 Å². The third kappa shape index (κ3) is 17.4. The van der Waals surface area contributed by atoms with Crippen LogP contribution in [0.3, 0.4) is 0 Å². The van der Waals surface area contributed by atoms with Gasteiger partial charge < -0.3 is 38.0 Å². The Labute approximate surface area is 392 Å². The molecule has 0 amide bonds. The third-order valence-corrected chi connectivity index (χ3v) is 17.3. The number of carbonyl (C=O) groups is 2. The van der Waals surface area contributed by atoms with Gasteiger partial charge in [-0.1, -0.05) is 144 Å². The van der Waals surface area contributed by atoms with Gasteiger partial charge in [0, 0.05) is 26.2 Å². The summed E-state index contributed by atoms with van der Waals surface area (Å²) in [6.45, 7) is 28.2. The summed E-state index contributed by atoms with van der Waals surface area (Å²) in [7, 11) is -0.0539. The van der Waals surface area contributed by atoms with Crippen molar-refractivity contribution in [2.75, 3.05) is 34.4 Å². The topological polar surface area (TPSA) is 122 Å². The van der Waals surface area contributed by atoms with Crippen molar-refractivity contribution in [3.8, 4) is 0 Å². The van der Waals surface area contributed by atoms with E-state index < -0.39 is 44.6 Å². The number of rotatable bonds is 32. The summed E-state index contributed by atoms with van der Waals surface area (Å²) in [4.78, 5) is 28.1. The van der Waals surface area contributed by atoms with E-state index in [0.717, 1.165) is 40.8 Å². The lowest BCUT2D eigenvalue weighted by Gasteiger charge is -2.43. The molecule has 0 bridgehead atoms. The maximum Gasteiger partial charge on any atom is 0.333 e. The van der Waals surface area contributed by atoms with Gasteiger partial charge in [0.1, 0.15) is 31.9 Å². The maximum absolute atomic E-state index is 14.3. The van der Waals surface area contributed by atoms with Gasteiger partial charge in [0.25, 0.3) is 8.32 Å². The molecule has 3 rings (SSSR count). The Hall–Kier alpha value is -3.78. The SMILES string of the molecule is C=CCC/C=C(\C)C(=O)O[C@@H](CO[Si](c1ccccc1)(c1ccccc1)C(C)(C)C)C[C@@H](C)[C@H](OCOC)[C@@H](OCOC)C(=O)C[C@@H](O)C[C@H](C)/C(C)=C/C(=C)C[C@@H](C)C[C@@H]1O[C@H]1C=C. The zero-order valence-electron chi connectivity index (χ0n) is 41.1. The van der Waals surface area contributed by atoms with Crippen molar-refractivity contribution in [3.05, 3.63) is 121 Å². The molecule has 65 heavy (non-hydrogen) atoms. The molecule has 0 spiro atoms. The number of aliphatic hydroxyl groups is 1. The number of hydrogen-bond acceptors (Lipinski definition) is 10. The number of ketones is 1. The predicted molar refractivity (Wildman–Crippen MR) is 263 cm³/mol. The van der Waals surface area contributed by atoms with Crippen molar-refractivity contribution in [3.63, 3.8) is 0 Å². The number of benzene rings is 2. The molecule has 9 atom stereocenters. The lowest BCUT2D eigenvalue weighted by molar-refractivity contribution is -0.183. The summed E-state index contributed by atoms with van der Waals surface area (Å²) >= 11 is 0. The first-order valence-electron chi connectivity index (χ1n) is 23.2. The van der Waals surface area contributed by atoms with E-state index in [-0.39, 0.29) is 62.0 Å². The Morgan fingerprint density at radius 2 is 1.48 bits per heavy atom. The number of unbranched alkanes of at least 4 members (excludes halogenated alkanes) is 1. The van der Waals surface area contributed by atoms with Crippen LogP contribution in [-0.2, 0) is 42.4 Å².